The molecule has 5 heteroatoms. The Morgan fingerprint density at radius 3 is 2.43 bits per heavy atom. The lowest BCUT2D eigenvalue weighted by molar-refractivity contribution is -0.142. The molecule has 0 unspecified atom stereocenters. The molecule has 1 aromatic rings. The zero-order chi connectivity index (χ0) is 15.0. The molecule has 0 N–H and O–H groups in total. The Kier molecular flexibility index (Phi) is 3.68. The van der Waals surface area contributed by atoms with Gasteiger partial charge in [-0.05, 0) is 37.3 Å². The number of rotatable bonds is 2. The van der Waals surface area contributed by atoms with E-state index in [9.17, 15) is 18.0 Å². The summed E-state index contributed by atoms with van der Waals surface area (Å²) in [6, 6.07) is 5.23. The number of halogens is 3. The van der Waals surface area contributed by atoms with Crippen LogP contribution in [0.5, 0.6) is 0 Å². The molecular weight excluding hydrogens is 279 g/mol. The Morgan fingerprint density at radius 1 is 1.10 bits per heavy atom. The van der Waals surface area contributed by atoms with Crippen molar-refractivity contribution in [3.63, 3.8) is 0 Å². The molecule has 1 aliphatic heterocycles. The normalized spacial score (nSPS) is 23.2. The van der Waals surface area contributed by atoms with E-state index in [0.29, 0.717) is 13.0 Å². The lowest BCUT2D eigenvalue weighted by Gasteiger charge is -2.33. The SMILES string of the molecule is O=C(C1CCC1)N1CCC[C@@H]1c1ccccc1C(F)(F)F. The maximum Gasteiger partial charge on any atom is 0.416 e. The second kappa shape index (κ2) is 5.35. The highest BCUT2D eigenvalue weighted by Gasteiger charge is 2.40. The monoisotopic (exact) mass is 297 g/mol. The van der Waals surface area contributed by atoms with Gasteiger partial charge in [0.25, 0.3) is 0 Å². The molecule has 0 radical (unpaired) electrons. The van der Waals surface area contributed by atoms with E-state index in [-0.39, 0.29) is 17.4 Å². The van der Waals surface area contributed by atoms with E-state index in [1.807, 2.05) is 0 Å². The van der Waals surface area contributed by atoms with Crippen LogP contribution in [0.3, 0.4) is 0 Å². The van der Waals surface area contributed by atoms with Crippen molar-refractivity contribution in [3.05, 3.63) is 35.4 Å². The fourth-order valence-electron chi connectivity index (χ4n) is 3.29. The second-order valence-electron chi connectivity index (χ2n) is 5.90. The molecule has 114 valence electrons. The summed E-state index contributed by atoms with van der Waals surface area (Å²) < 4.78 is 39.5. The van der Waals surface area contributed by atoms with Gasteiger partial charge in [0.05, 0.1) is 11.6 Å². The van der Waals surface area contributed by atoms with Crippen LogP contribution in [0.25, 0.3) is 0 Å². The third kappa shape index (κ3) is 2.65. The van der Waals surface area contributed by atoms with Crippen LogP contribution in [0, 0.1) is 5.92 Å². The summed E-state index contributed by atoms with van der Waals surface area (Å²) in [6.07, 6.45) is -0.175. The average molecular weight is 297 g/mol. The van der Waals surface area contributed by atoms with Crippen molar-refractivity contribution >= 4 is 5.91 Å². The number of carbonyl (C=O) groups excluding carboxylic acids is 1. The van der Waals surface area contributed by atoms with Crippen LogP contribution in [0.2, 0.25) is 0 Å². The van der Waals surface area contributed by atoms with Crippen molar-refractivity contribution in [1.29, 1.82) is 0 Å². The van der Waals surface area contributed by atoms with Gasteiger partial charge >= 0.3 is 6.18 Å². The van der Waals surface area contributed by atoms with Crippen molar-refractivity contribution < 1.29 is 18.0 Å². The highest BCUT2D eigenvalue weighted by molar-refractivity contribution is 5.80. The molecule has 0 bridgehead atoms. The first-order valence-corrected chi connectivity index (χ1v) is 7.45. The molecule has 1 atom stereocenters. The topological polar surface area (TPSA) is 20.3 Å². The van der Waals surface area contributed by atoms with Crippen molar-refractivity contribution in [1.82, 2.24) is 4.90 Å². The van der Waals surface area contributed by atoms with E-state index >= 15 is 0 Å². The molecule has 2 fully saturated rings. The van der Waals surface area contributed by atoms with Crippen molar-refractivity contribution in [2.24, 2.45) is 5.92 Å². The Hall–Kier alpha value is -1.52. The summed E-state index contributed by atoms with van der Waals surface area (Å²) in [6.45, 7) is 0.576. The van der Waals surface area contributed by atoms with Crippen LogP contribution in [-0.4, -0.2) is 17.4 Å². The Labute approximate surface area is 121 Å². The molecule has 0 spiro atoms. The highest BCUT2D eigenvalue weighted by Crippen LogP contribution is 2.42. The number of hydrogen-bond acceptors (Lipinski definition) is 1. The summed E-state index contributed by atoms with van der Waals surface area (Å²) in [7, 11) is 0. The first-order chi connectivity index (χ1) is 9.98. The van der Waals surface area contributed by atoms with Gasteiger partial charge in [0.15, 0.2) is 0 Å². The van der Waals surface area contributed by atoms with E-state index in [2.05, 4.69) is 0 Å². The lowest BCUT2D eigenvalue weighted by Crippen LogP contribution is -2.38. The molecule has 1 saturated carbocycles. The zero-order valence-corrected chi connectivity index (χ0v) is 11.7. The molecule has 21 heavy (non-hydrogen) atoms. The molecule has 1 aliphatic carbocycles. The predicted octanol–water partition coefficient (Wildman–Crippen LogP) is 4.17. The lowest BCUT2D eigenvalue weighted by atomic mass is 9.84. The minimum atomic E-state index is -4.37. The van der Waals surface area contributed by atoms with Crippen LogP contribution >= 0.6 is 0 Å². The van der Waals surface area contributed by atoms with E-state index in [1.54, 1.807) is 11.0 Å². The summed E-state index contributed by atoms with van der Waals surface area (Å²) in [5.74, 6) is 0.0735. The van der Waals surface area contributed by atoms with Gasteiger partial charge in [-0.15, -0.1) is 0 Å². The summed E-state index contributed by atoms with van der Waals surface area (Å²) in [5, 5.41) is 0. The maximum absolute atomic E-state index is 13.2. The molecule has 1 saturated heterocycles. The standard InChI is InChI=1S/C16H18F3NO/c17-16(18,19)13-8-2-1-7-12(13)14-9-4-10-20(14)15(21)11-5-3-6-11/h1-2,7-8,11,14H,3-6,9-10H2/t14-/m1/s1. The van der Waals surface area contributed by atoms with Gasteiger partial charge in [0, 0.05) is 12.5 Å². The Morgan fingerprint density at radius 2 is 1.81 bits per heavy atom. The van der Waals surface area contributed by atoms with Gasteiger partial charge < -0.3 is 4.90 Å². The maximum atomic E-state index is 13.2. The minimum absolute atomic E-state index is 0.0312. The predicted molar refractivity (Wildman–Crippen MR) is 72.5 cm³/mol. The summed E-state index contributed by atoms with van der Waals surface area (Å²) in [4.78, 5) is 14.1. The van der Waals surface area contributed by atoms with E-state index < -0.39 is 17.8 Å². The molecule has 1 heterocycles. The first-order valence-electron chi connectivity index (χ1n) is 7.45. The highest BCUT2D eigenvalue weighted by atomic mass is 19.4. The second-order valence-corrected chi connectivity index (χ2v) is 5.90. The van der Waals surface area contributed by atoms with E-state index in [0.717, 1.165) is 31.7 Å². The van der Waals surface area contributed by atoms with Crippen molar-refractivity contribution in [2.45, 2.75) is 44.3 Å². The number of hydrogen-bond donors (Lipinski definition) is 0. The van der Waals surface area contributed by atoms with Gasteiger partial charge in [-0.1, -0.05) is 24.6 Å². The molecule has 1 amide bonds. The number of alkyl halides is 3. The molecule has 2 nitrogen and oxygen atoms in total. The number of likely N-dealkylation sites (tertiary alicyclic amines) is 1. The minimum Gasteiger partial charge on any atom is -0.335 e. The number of amides is 1. The third-order valence-corrected chi connectivity index (χ3v) is 4.62. The Balaban J connectivity index is 1.90. The number of benzene rings is 1. The van der Waals surface area contributed by atoms with Crippen LogP contribution in [0.4, 0.5) is 13.2 Å². The smallest absolute Gasteiger partial charge is 0.335 e. The largest absolute Gasteiger partial charge is 0.416 e. The van der Waals surface area contributed by atoms with Gasteiger partial charge in [-0.25, -0.2) is 0 Å². The molecule has 3 rings (SSSR count). The molecular formula is C16H18F3NO. The molecule has 1 aromatic carbocycles. The third-order valence-electron chi connectivity index (χ3n) is 4.62. The van der Waals surface area contributed by atoms with Crippen molar-refractivity contribution in [2.75, 3.05) is 6.54 Å². The number of carbonyl (C=O) groups is 1. The quantitative estimate of drug-likeness (QED) is 0.802. The summed E-state index contributed by atoms with van der Waals surface area (Å²) in [5.41, 5.74) is -0.363. The summed E-state index contributed by atoms with van der Waals surface area (Å²) >= 11 is 0. The van der Waals surface area contributed by atoms with Crippen LogP contribution in [0.15, 0.2) is 24.3 Å². The van der Waals surface area contributed by atoms with Crippen molar-refractivity contribution in [3.8, 4) is 0 Å². The molecule has 2 aliphatic rings. The fraction of sp³-hybridized carbons (Fsp3) is 0.562. The van der Waals surface area contributed by atoms with Crippen LogP contribution in [-0.2, 0) is 11.0 Å². The average Bonchev–Trinajstić information content (AvgIpc) is 2.84. The fourth-order valence-corrected chi connectivity index (χ4v) is 3.29. The van der Waals surface area contributed by atoms with E-state index in [1.165, 1.54) is 12.1 Å². The van der Waals surface area contributed by atoms with Gasteiger partial charge in [0.2, 0.25) is 5.91 Å². The zero-order valence-electron chi connectivity index (χ0n) is 11.7. The van der Waals surface area contributed by atoms with Crippen LogP contribution < -0.4 is 0 Å². The van der Waals surface area contributed by atoms with Gasteiger partial charge in [-0.2, -0.15) is 13.2 Å². The molecule has 0 aromatic heterocycles. The number of nitrogens with zero attached hydrogens (tertiary/aromatic N) is 1. The first kappa shape index (κ1) is 14.4. The van der Waals surface area contributed by atoms with E-state index in [4.69, 9.17) is 0 Å². The van der Waals surface area contributed by atoms with Crippen LogP contribution in [0.1, 0.15) is 49.3 Å². The van der Waals surface area contributed by atoms with Gasteiger partial charge in [0.1, 0.15) is 0 Å². The van der Waals surface area contributed by atoms with Gasteiger partial charge in [-0.3, -0.25) is 4.79 Å². The Bertz CT molecular complexity index is 537.